The second-order valence-corrected chi connectivity index (χ2v) is 14.6. The fourth-order valence-electron chi connectivity index (χ4n) is 2.76. The number of aryl methyl sites for hydroxylation is 2. The van der Waals surface area contributed by atoms with Gasteiger partial charge >= 0.3 is 0 Å². The van der Waals surface area contributed by atoms with E-state index in [4.69, 9.17) is 0 Å². The standard InChI is InChI=1S/C22H32N2O6S4/c1-17-5-9-19(10-6-17)33(27,28)23-21(3,13-25)15-31-32-16-22(4,14-26)24-34(29,30)20-11-7-18(2)8-12-20/h5-12,23-26H,13-16H2,1-4H3/t21-,22-/m0/s1. The molecule has 0 amide bonds. The molecule has 2 aromatic rings. The van der Waals surface area contributed by atoms with Crippen LogP contribution in [0.2, 0.25) is 0 Å². The Hall–Kier alpha value is -1.12. The first-order valence-electron chi connectivity index (χ1n) is 10.4. The SMILES string of the molecule is Cc1ccc(S(=O)(=O)N[C@@](C)(CO)CSSC[C@](C)(CO)NS(=O)(=O)c2ccc(C)cc2)cc1. The maximum absolute atomic E-state index is 12.7. The van der Waals surface area contributed by atoms with Gasteiger partial charge in [0, 0.05) is 11.5 Å². The van der Waals surface area contributed by atoms with Crippen molar-refractivity contribution >= 4 is 41.6 Å². The molecule has 0 aromatic heterocycles. The van der Waals surface area contributed by atoms with Crippen LogP contribution in [0.25, 0.3) is 0 Å². The summed E-state index contributed by atoms with van der Waals surface area (Å²) in [6.45, 7) is 6.05. The van der Waals surface area contributed by atoms with Crippen LogP contribution < -0.4 is 9.44 Å². The van der Waals surface area contributed by atoms with Gasteiger partial charge in [0.15, 0.2) is 0 Å². The van der Waals surface area contributed by atoms with Gasteiger partial charge in [0.1, 0.15) is 0 Å². The molecule has 4 N–H and O–H groups in total. The lowest BCUT2D eigenvalue weighted by molar-refractivity contribution is 0.211. The summed E-state index contributed by atoms with van der Waals surface area (Å²) in [5, 5.41) is 19.7. The highest BCUT2D eigenvalue weighted by molar-refractivity contribution is 8.76. The molecular weight excluding hydrogens is 517 g/mol. The van der Waals surface area contributed by atoms with E-state index in [1.54, 1.807) is 38.1 Å². The molecule has 0 aliphatic carbocycles. The summed E-state index contributed by atoms with van der Waals surface area (Å²) in [4.78, 5) is 0.211. The van der Waals surface area contributed by atoms with Crippen LogP contribution in [0, 0.1) is 13.8 Å². The Labute approximate surface area is 210 Å². The van der Waals surface area contributed by atoms with Crippen molar-refractivity contribution < 1.29 is 27.0 Å². The summed E-state index contributed by atoms with van der Waals surface area (Å²) in [6.07, 6.45) is 0. The predicted molar refractivity (Wildman–Crippen MR) is 139 cm³/mol. The molecule has 0 unspecified atom stereocenters. The van der Waals surface area contributed by atoms with E-state index in [1.807, 2.05) is 13.8 Å². The Morgan fingerprint density at radius 2 is 0.971 bits per heavy atom. The Kier molecular flexibility index (Phi) is 10.1. The number of aliphatic hydroxyl groups excluding tert-OH is 2. The summed E-state index contributed by atoms with van der Waals surface area (Å²) >= 11 is 0. The van der Waals surface area contributed by atoms with Crippen LogP contribution in [-0.4, -0.2) is 62.8 Å². The second kappa shape index (κ2) is 11.7. The second-order valence-electron chi connectivity index (χ2n) is 8.80. The van der Waals surface area contributed by atoms with Gasteiger partial charge in [-0.1, -0.05) is 57.0 Å². The maximum Gasteiger partial charge on any atom is 0.241 e. The summed E-state index contributed by atoms with van der Waals surface area (Å²) in [6, 6.07) is 12.8. The van der Waals surface area contributed by atoms with Gasteiger partial charge < -0.3 is 10.2 Å². The Morgan fingerprint density at radius 3 is 1.24 bits per heavy atom. The molecule has 0 radical (unpaired) electrons. The molecule has 190 valence electrons. The third kappa shape index (κ3) is 8.23. The van der Waals surface area contributed by atoms with Crippen molar-refractivity contribution in [2.75, 3.05) is 24.7 Å². The van der Waals surface area contributed by atoms with Crippen LogP contribution in [-0.2, 0) is 20.0 Å². The minimum Gasteiger partial charge on any atom is -0.394 e. The molecule has 0 aliphatic rings. The lowest BCUT2D eigenvalue weighted by Gasteiger charge is -2.30. The predicted octanol–water partition coefficient (Wildman–Crippen LogP) is 2.44. The summed E-state index contributed by atoms with van der Waals surface area (Å²) in [5.74, 6) is 0.428. The molecular formula is C22H32N2O6S4. The van der Waals surface area contributed by atoms with Gasteiger partial charge in [-0.2, -0.15) is 0 Å². The van der Waals surface area contributed by atoms with Gasteiger partial charge in [0.05, 0.1) is 34.1 Å². The first-order chi connectivity index (χ1) is 15.7. The zero-order valence-electron chi connectivity index (χ0n) is 19.6. The number of benzene rings is 2. The minimum atomic E-state index is -3.84. The van der Waals surface area contributed by atoms with Crippen molar-refractivity contribution in [3.63, 3.8) is 0 Å². The van der Waals surface area contributed by atoms with Gasteiger partial charge in [-0.3, -0.25) is 0 Å². The van der Waals surface area contributed by atoms with Crippen LogP contribution in [0.5, 0.6) is 0 Å². The van der Waals surface area contributed by atoms with Crippen LogP contribution >= 0.6 is 21.6 Å². The van der Waals surface area contributed by atoms with Gasteiger partial charge in [-0.15, -0.1) is 0 Å². The minimum absolute atomic E-state index is 0.105. The molecule has 0 bridgehead atoms. The Balaban J connectivity index is 1.98. The van der Waals surface area contributed by atoms with E-state index in [2.05, 4.69) is 9.44 Å². The summed E-state index contributed by atoms with van der Waals surface area (Å²) in [5.41, 5.74) is -0.418. The topological polar surface area (TPSA) is 133 Å². The first kappa shape index (κ1) is 29.1. The van der Waals surface area contributed by atoms with Crippen molar-refractivity contribution in [1.29, 1.82) is 0 Å². The zero-order valence-corrected chi connectivity index (χ0v) is 22.9. The maximum atomic E-state index is 12.7. The Morgan fingerprint density at radius 1 is 0.676 bits per heavy atom. The van der Waals surface area contributed by atoms with E-state index in [0.29, 0.717) is 0 Å². The summed E-state index contributed by atoms with van der Waals surface area (Å²) in [7, 11) is -5.13. The quantitative estimate of drug-likeness (QED) is 0.222. The molecule has 34 heavy (non-hydrogen) atoms. The molecule has 0 saturated carbocycles. The van der Waals surface area contributed by atoms with E-state index < -0.39 is 44.3 Å². The largest absolute Gasteiger partial charge is 0.394 e. The highest BCUT2D eigenvalue weighted by Crippen LogP contribution is 2.30. The lowest BCUT2D eigenvalue weighted by atomic mass is 10.1. The molecule has 0 spiro atoms. The van der Waals surface area contributed by atoms with E-state index >= 15 is 0 Å². The van der Waals surface area contributed by atoms with Gasteiger partial charge in [0.2, 0.25) is 20.0 Å². The average Bonchev–Trinajstić information content (AvgIpc) is 2.77. The van der Waals surface area contributed by atoms with E-state index in [9.17, 15) is 27.0 Å². The number of hydrogen-bond donors (Lipinski definition) is 4. The first-order valence-corrected chi connectivity index (χ1v) is 15.9. The van der Waals surface area contributed by atoms with E-state index in [1.165, 1.54) is 45.9 Å². The van der Waals surface area contributed by atoms with Crippen molar-refractivity contribution in [3.05, 3.63) is 59.7 Å². The van der Waals surface area contributed by atoms with Crippen LogP contribution in [0.15, 0.2) is 58.3 Å². The molecule has 8 nitrogen and oxygen atoms in total. The number of rotatable bonds is 13. The molecule has 0 aliphatic heterocycles. The normalized spacial score (nSPS) is 16.1. The molecule has 0 fully saturated rings. The molecule has 2 aromatic carbocycles. The van der Waals surface area contributed by atoms with Crippen LogP contribution in [0.3, 0.4) is 0 Å². The van der Waals surface area contributed by atoms with Gasteiger partial charge in [-0.25, -0.2) is 26.3 Å². The molecule has 0 heterocycles. The molecule has 0 saturated heterocycles. The highest BCUT2D eigenvalue weighted by Gasteiger charge is 2.33. The molecule has 2 atom stereocenters. The monoisotopic (exact) mass is 548 g/mol. The summed E-state index contributed by atoms with van der Waals surface area (Å²) < 4.78 is 56.0. The average molecular weight is 549 g/mol. The molecule has 2 rings (SSSR count). The van der Waals surface area contributed by atoms with Crippen LogP contribution in [0.4, 0.5) is 0 Å². The number of nitrogens with one attached hydrogen (secondary N) is 2. The van der Waals surface area contributed by atoms with Crippen molar-refractivity contribution in [3.8, 4) is 0 Å². The number of hydrogen-bond acceptors (Lipinski definition) is 8. The van der Waals surface area contributed by atoms with Crippen LogP contribution in [0.1, 0.15) is 25.0 Å². The van der Waals surface area contributed by atoms with Gasteiger partial charge in [-0.05, 0) is 52.0 Å². The lowest BCUT2D eigenvalue weighted by Crippen LogP contribution is -2.51. The smallest absolute Gasteiger partial charge is 0.241 e. The number of aliphatic hydroxyl groups is 2. The third-order valence-electron chi connectivity index (χ3n) is 4.96. The van der Waals surface area contributed by atoms with E-state index in [0.717, 1.165) is 11.1 Å². The van der Waals surface area contributed by atoms with Crippen molar-refractivity contribution in [1.82, 2.24) is 9.44 Å². The third-order valence-corrected chi connectivity index (χ3v) is 11.2. The Bertz CT molecular complexity index is 1060. The fraction of sp³-hybridized carbons (Fsp3) is 0.455. The number of sulfonamides is 2. The highest BCUT2D eigenvalue weighted by atomic mass is 33.1. The van der Waals surface area contributed by atoms with E-state index in [-0.39, 0.29) is 21.3 Å². The zero-order chi connectivity index (χ0) is 25.6. The van der Waals surface area contributed by atoms with Crippen molar-refractivity contribution in [2.24, 2.45) is 0 Å². The van der Waals surface area contributed by atoms with Gasteiger partial charge in [0.25, 0.3) is 0 Å². The molecule has 12 heteroatoms. The van der Waals surface area contributed by atoms with Crippen molar-refractivity contribution in [2.45, 2.75) is 48.6 Å². The fourth-order valence-corrected chi connectivity index (χ4v) is 8.81.